The zero-order valence-corrected chi connectivity index (χ0v) is 12.0. The molecular formula is C15H30N2. The molecule has 1 aliphatic carbocycles. The van der Waals surface area contributed by atoms with Gasteiger partial charge in [0.15, 0.2) is 0 Å². The normalized spacial score (nSPS) is 34.1. The van der Waals surface area contributed by atoms with Gasteiger partial charge in [0.2, 0.25) is 0 Å². The van der Waals surface area contributed by atoms with Crippen LogP contribution in [0.1, 0.15) is 59.3 Å². The molecule has 100 valence electrons. The molecule has 1 heterocycles. The quantitative estimate of drug-likeness (QED) is 0.810. The van der Waals surface area contributed by atoms with Crippen molar-refractivity contribution in [2.45, 2.75) is 71.4 Å². The Labute approximate surface area is 107 Å². The van der Waals surface area contributed by atoms with Gasteiger partial charge in [-0.05, 0) is 37.6 Å². The fourth-order valence-electron chi connectivity index (χ4n) is 3.74. The van der Waals surface area contributed by atoms with E-state index in [1.54, 1.807) is 0 Å². The summed E-state index contributed by atoms with van der Waals surface area (Å²) in [5.41, 5.74) is 0.540. The standard InChI is InChI=1S/C15H30N2/c1-4-10-16-13-8-11-17(12-13)14-7-5-6-9-15(14,2)3/h13-14,16H,4-12H2,1-3H3. The largest absolute Gasteiger partial charge is 0.313 e. The second-order valence-corrected chi connectivity index (χ2v) is 6.68. The van der Waals surface area contributed by atoms with Crippen LogP contribution < -0.4 is 5.32 Å². The molecule has 0 amide bonds. The fraction of sp³-hybridized carbons (Fsp3) is 1.00. The highest BCUT2D eigenvalue weighted by Gasteiger charge is 2.38. The van der Waals surface area contributed by atoms with Crippen molar-refractivity contribution in [2.24, 2.45) is 5.41 Å². The third kappa shape index (κ3) is 3.23. The summed E-state index contributed by atoms with van der Waals surface area (Å²) in [6.07, 6.45) is 8.33. The van der Waals surface area contributed by atoms with Crippen LogP contribution in [0.2, 0.25) is 0 Å². The first-order chi connectivity index (χ1) is 8.13. The van der Waals surface area contributed by atoms with Crippen LogP contribution in [0.15, 0.2) is 0 Å². The van der Waals surface area contributed by atoms with Crippen LogP contribution in [0, 0.1) is 5.41 Å². The average molecular weight is 238 g/mol. The first kappa shape index (κ1) is 13.4. The maximum atomic E-state index is 3.69. The van der Waals surface area contributed by atoms with Crippen molar-refractivity contribution in [1.82, 2.24) is 10.2 Å². The molecule has 2 fully saturated rings. The predicted octanol–water partition coefficient (Wildman–Crippen LogP) is 3.03. The van der Waals surface area contributed by atoms with Crippen molar-refractivity contribution in [3.63, 3.8) is 0 Å². The van der Waals surface area contributed by atoms with Gasteiger partial charge in [0.05, 0.1) is 0 Å². The lowest BCUT2D eigenvalue weighted by Gasteiger charge is -2.44. The van der Waals surface area contributed by atoms with Crippen LogP contribution in [0.3, 0.4) is 0 Å². The van der Waals surface area contributed by atoms with Gasteiger partial charge in [-0.15, -0.1) is 0 Å². The smallest absolute Gasteiger partial charge is 0.0207 e. The Bertz CT molecular complexity index is 237. The molecule has 2 atom stereocenters. The topological polar surface area (TPSA) is 15.3 Å². The minimum absolute atomic E-state index is 0.540. The second-order valence-electron chi connectivity index (χ2n) is 6.68. The summed E-state index contributed by atoms with van der Waals surface area (Å²) in [6, 6.07) is 1.59. The fourth-order valence-corrected chi connectivity index (χ4v) is 3.74. The molecule has 0 radical (unpaired) electrons. The lowest BCUT2D eigenvalue weighted by molar-refractivity contribution is 0.0649. The molecule has 0 aromatic rings. The lowest BCUT2D eigenvalue weighted by Crippen LogP contribution is -2.47. The summed E-state index contributed by atoms with van der Waals surface area (Å²) in [7, 11) is 0. The molecule has 1 saturated heterocycles. The zero-order valence-electron chi connectivity index (χ0n) is 12.0. The van der Waals surface area contributed by atoms with Crippen molar-refractivity contribution in [3.05, 3.63) is 0 Å². The minimum atomic E-state index is 0.540. The van der Waals surface area contributed by atoms with Crippen molar-refractivity contribution >= 4 is 0 Å². The van der Waals surface area contributed by atoms with Crippen LogP contribution in [-0.2, 0) is 0 Å². The first-order valence-electron chi connectivity index (χ1n) is 7.61. The molecule has 2 nitrogen and oxygen atoms in total. The van der Waals surface area contributed by atoms with Crippen molar-refractivity contribution in [1.29, 1.82) is 0 Å². The van der Waals surface area contributed by atoms with Crippen molar-refractivity contribution < 1.29 is 0 Å². The van der Waals surface area contributed by atoms with E-state index in [0.717, 1.165) is 12.1 Å². The summed E-state index contributed by atoms with van der Waals surface area (Å²) in [4.78, 5) is 2.77. The Hall–Kier alpha value is -0.0800. The van der Waals surface area contributed by atoms with E-state index in [1.807, 2.05) is 0 Å². The third-order valence-corrected chi connectivity index (χ3v) is 4.79. The van der Waals surface area contributed by atoms with Gasteiger partial charge in [0.1, 0.15) is 0 Å². The van der Waals surface area contributed by atoms with Gasteiger partial charge in [-0.2, -0.15) is 0 Å². The van der Waals surface area contributed by atoms with E-state index in [4.69, 9.17) is 0 Å². The number of nitrogens with zero attached hydrogens (tertiary/aromatic N) is 1. The Morgan fingerprint density at radius 1 is 1.24 bits per heavy atom. The molecule has 0 bridgehead atoms. The monoisotopic (exact) mass is 238 g/mol. The summed E-state index contributed by atoms with van der Waals surface area (Å²) < 4.78 is 0. The summed E-state index contributed by atoms with van der Waals surface area (Å²) in [5.74, 6) is 0. The highest BCUT2D eigenvalue weighted by atomic mass is 15.2. The van der Waals surface area contributed by atoms with E-state index in [0.29, 0.717) is 5.41 Å². The summed E-state index contributed by atoms with van der Waals surface area (Å²) in [6.45, 7) is 11.0. The first-order valence-corrected chi connectivity index (χ1v) is 7.61. The Balaban J connectivity index is 1.86. The maximum absolute atomic E-state index is 3.69. The van der Waals surface area contributed by atoms with E-state index >= 15 is 0 Å². The minimum Gasteiger partial charge on any atom is -0.313 e. The molecule has 2 rings (SSSR count). The van der Waals surface area contributed by atoms with E-state index < -0.39 is 0 Å². The Kier molecular flexibility index (Phi) is 4.48. The Morgan fingerprint density at radius 2 is 2.06 bits per heavy atom. The van der Waals surface area contributed by atoms with Crippen molar-refractivity contribution in [2.75, 3.05) is 19.6 Å². The summed E-state index contributed by atoms with van der Waals surface area (Å²) in [5, 5.41) is 3.69. The third-order valence-electron chi connectivity index (χ3n) is 4.79. The van der Waals surface area contributed by atoms with Gasteiger partial charge >= 0.3 is 0 Å². The molecule has 1 aliphatic heterocycles. The van der Waals surface area contributed by atoms with Gasteiger partial charge in [-0.25, -0.2) is 0 Å². The molecule has 2 heteroatoms. The average Bonchev–Trinajstić information content (AvgIpc) is 2.74. The highest BCUT2D eigenvalue weighted by molar-refractivity contribution is 4.94. The van der Waals surface area contributed by atoms with Crippen LogP contribution in [-0.4, -0.2) is 36.6 Å². The number of likely N-dealkylation sites (tertiary alicyclic amines) is 1. The predicted molar refractivity (Wildman–Crippen MR) is 74.3 cm³/mol. The molecule has 0 aromatic carbocycles. The van der Waals surface area contributed by atoms with Crippen LogP contribution in [0.25, 0.3) is 0 Å². The maximum Gasteiger partial charge on any atom is 0.0207 e. The van der Waals surface area contributed by atoms with E-state index in [1.165, 1.54) is 58.2 Å². The van der Waals surface area contributed by atoms with E-state index in [-0.39, 0.29) is 0 Å². The molecule has 2 unspecified atom stereocenters. The number of rotatable bonds is 4. The van der Waals surface area contributed by atoms with Gasteiger partial charge < -0.3 is 5.32 Å². The van der Waals surface area contributed by atoms with Gasteiger partial charge in [0.25, 0.3) is 0 Å². The summed E-state index contributed by atoms with van der Waals surface area (Å²) >= 11 is 0. The number of hydrogen-bond donors (Lipinski definition) is 1. The molecule has 1 saturated carbocycles. The second kappa shape index (κ2) is 5.71. The van der Waals surface area contributed by atoms with E-state index in [2.05, 4.69) is 31.0 Å². The molecular weight excluding hydrogens is 208 g/mol. The highest BCUT2D eigenvalue weighted by Crippen LogP contribution is 2.39. The van der Waals surface area contributed by atoms with Gasteiger partial charge in [-0.1, -0.05) is 33.6 Å². The van der Waals surface area contributed by atoms with Crippen LogP contribution >= 0.6 is 0 Å². The molecule has 17 heavy (non-hydrogen) atoms. The Morgan fingerprint density at radius 3 is 2.76 bits per heavy atom. The number of hydrogen-bond acceptors (Lipinski definition) is 2. The van der Waals surface area contributed by atoms with Crippen molar-refractivity contribution in [3.8, 4) is 0 Å². The van der Waals surface area contributed by atoms with E-state index in [9.17, 15) is 0 Å². The number of nitrogens with one attached hydrogen (secondary N) is 1. The van der Waals surface area contributed by atoms with Crippen LogP contribution in [0.5, 0.6) is 0 Å². The lowest BCUT2D eigenvalue weighted by atomic mass is 9.72. The van der Waals surface area contributed by atoms with Crippen LogP contribution in [0.4, 0.5) is 0 Å². The zero-order chi connectivity index (χ0) is 12.3. The van der Waals surface area contributed by atoms with Gasteiger partial charge in [0, 0.05) is 25.2 Å². The molecule has 2 aliphatic rings. The molecule has 1 N–H and O–H groups in total. The molecule has 0 spiro atoms. The SMILES string of the molecule is CCCNC1CCN(C2CCCCC2(C)C)C1. The van der Waals surface area contributed by atoms with Gasteiger partial charge in [-0.3, -0.25) is 4.90 Å². The molecule has 0 aromatic heterocycles.